The van der Waals surface area contributed by atoms with Crippen molar-refractivity contribution in [2.75, 3.05) is 12.4 Å². The van der Waals surface area contributed by atoms with Crippen molar-refractivity contribution in [3.8, 4) is 5.75 Å². The molecule has 0 bridgehead atoms. The van der Waals surface area contributed by atoms with Crippen molar-refractivity contribution in [2.24, 2.45) is 0 Å². The summed E-state index contributed by atoms with van der Waals surface area (Å²) in [7, 11) is 1.56. The van der Waals surface area contributed by atoms with Gasteiger partial charge in [-0.25, -0.2) is 4.79 Å². The maximum Gasteiger partial charge on any atom is 0.319 e. The molecule has 2 rings (SSSR count). The minimum atomic E-state index is -0.354. The molecule has 0 saturated carbocycles. The second-order valence-corrected chi connectivity index (χ2v) is 3.37. The number of aromatic amines is 1. The molecule has 94 valence electrons. The van der Waals surface area contributed by atoms with Crippen LogP contribution in [0.15, 0.2) is 24.3 Å². The summed E-state index contributed by atoms with van der Waals surface area (Å²) in [5.74, 6) is 1.08. The molecule has 1 heterocycles. The Kier molecular flexibility index (Phi) is 3.69. The van der Waals surface area contributed by atoms with E-state index in [4.69, 9.17) is 4.74 Å². The highest BCUT2D eigenvalue weighted by molar-refractivity contribution is 5.89. The van der Waals surface area contributed by atoms with Crippen molar-refractivity contribution in [3.05, 3.63) is 30.1 Å². The number of aromatic nitrogens is 4. The zero-order valence-corrected chi connectivity index (χ0v) is 9.67. The molecule has 8 nitrogen and oxygen atoms in total. The van der Waals surface area contributed by atoms with E-state index in [2.05, 4.69) is 31.3 Å². The average Bonchev–Trinajstić information content (AvgIpc) is 2.90. The Bertz CT molecular complexity index is 513. The predicted octanol–water partition coefficient (Wildman–Crippen LogP) is 0.530. The number of tetrazole rings is 1. The van der Waals surface area contributed by atoms with Gasteiger partial charge in [0.25, 0.3) is 0 Å². The number of rotatable bonds is 4. The van der Waals surface area contributed by atoms with Crippen LogP contribution in [0.4, 0.5) is 10.5 Å². The number of H-pyrrole nitrogens is 1. The van der Waals surface area contributed by atoms with Gasteiger partial charge in [-0.3, -0.25) is 0 Å². The lowest BCUT2D eigenvalue weighted by Gasteiger charge is -2.07. The summed E-state index contributed by atoms with van der Waals surface area (Å²) >= 11 is 0. The molecule has 2 aromatic rings. The van der Waals surface area contributed by atoms with Crippen LogP contribution in [0.2, 0.25) is 0 Å². The van der Waals surface area contributed by atoms with E-state index in [9.17, 15) is 4.79 Å². The lowest BCUT2D eigenvalue weighted by molar-refractivity contribution is 0.251. The molecule has 18 heavy (non-hydrogen) atoms. The molecule has 0 aliphatic rings. The molecule has 0 spiro atoms. The van der Waals surface area contributed by atoms with Gasteiger partial charge in [-0.1, -0.05) is 11.3 Å². The SMILES string of the molecule is COc1cccc(NC(=O)NCc2nn[nH]n2)c1. The topological polar surface area (TPSA) is 105 Å². The third kappa shape index (κ3) is 3.17. The summed E-state index contributed by atoms with van der Waals surface area (Å²) in [6.45, 7) is 0.201. The molecule has 0 atom stereocenters. The van der Waals surface area contributed by atoms with Gasteiger partial charge >= 0.3 is 6.03 Å². The quantitative estimate of drug-likeness (QED) is 0.732. The highest BCUT2D eigenvalue weighted by Crippen LogP contribution is 2.16. The number of ether oxygens (including phenoxy) is 1. The largest absolute Gasteiger partial charge is 0.497 e. The predicted molar refractivity (Wildman–Crippen MR) is 63.0 cm³/mol. The van der Waals surface area contributed by atoms with Crippen molar-refractivity contribution in [3.63, 3.8) is 0 Å². The van der Waals surface area contributed by atoms with Gasteiger partial charge in [0, 0.05) is 11.8 Å². The van der Waals surface area contributed by atoms with E-state index in [-0.39, 0.29) is 12.6 Å². The average molecular weight is 248 g/mol. The van der Waals surface area contributed by atoms with Gasteiger partial charge in [-0.05, 0) is 12.1 Å². The standard InChI is InChI=1S/C10H12N6O2/c1-18-8-4-2-3-7(5-8)12-10(17)11-6-9-13-15-16-14-9/h2-5H,6H2,1H3,(H2,11,12,17)(H,13,14,15,16). The van der Waals surface area contributed by atoms with Crippen LogP contribution in [0, 0.1) is 0 Å². The molecule has 1 aromatic carbocycles. The molecule has 8 heteroatoms. The van der Waals surface area contributed by atoms with Crippen molar-refractivity contribution < 1.29 is 9.53 Å². The second kappa shape index (κ2) is 5.62. The van der Waals surface area contributed by atoms with Crippen molar-refractivity contribution in [1.82, 2.24) is 25.9 Å². The van der Waals surface area contributed by atoms with Crippen molar-refractivity contribution in [2.45, 2.75) is 6.54 Å². The Labute approximate surface area is 103 Å². The summed E-state index contributed by atoms with van der Waals surface area (Å²) in [5, 5.41) is 18.4. The molecule has 0 saturated heterocycles. The minimum absolute atomic E-state index is 0.201. The van der Waals surface area contributed by atoms with Crippen LogP contribution in [0.25, 0.3) is 0 Å². The van der Waals surface area contributed by atoms with E-state index in [1.807, 2.05) is 0 Å². The lowest BCUT2D eigenvalue weighted by atomic mass is 10.3. The van der Waals surface area contributed by atoms with Gasteiger partial charge in [0.15, 0.2) is 5.82 Å². The zero-order chi connectivity index (χ0) is 12.8. The first kappa shape index (κ1) is 11.8. The highest BCUT2D eigenvalue weighted by Gasteiger charge is 2.04. The number of urea groups is 1. The molecule has 0 unspecified atom stereocenters. The number of methoxy groups -OCH3 is 1. The maximum atomic E-state index is 11.6. The van der Waals surface area contributed by atoms with Gasteiger partial charge in [0.1, 0.15) is 5.75 Å². The number of nitrogens with one attached hydrogen (secondary N) is 3. The van der Waals surface area contributed by atoms with Crippen LogP contribution >= 0.6 is 0 Å². The third-order valence-corrected chi connectivity index (χ3v) is 2.12. The highest BCUT2D eigenvalue weighted by atomic mass is 16.5. The Hall–Kier alpha value is -2.64. The molecule has 2 amide bonds. The first-order chi connectivity index (χ1) is 8.78. The molecule has 0 fully saturated rings. The first-order valence-electron chi connectivity index (χ1n) is 5.19. The number of hydrogen-bond acceptors (Lipinski definition) is 5. The van der Waals surface area contributed by atoms with Gasteiger partial charge in [0.2, 0.25) is 0 Å². The Morgan fingerprint density at radius 2 is 2.39 bits per heavy atom. The Balaban J connectivity index is 1.86. The number of carbonyl (C=O) groups excluding carboxylic acids is 1. The Morgan fingerprint density at radius 1 is 1.50 bits per heavy atom. The van der Waals surface area contributed by atoms with Gasteiger partial charge in [0.05, 0.1) is 13.7 Å². The van der Waals surface area contributed by atoms with Crippen LogP contribution in [-0.2, 0) is 6.54 Å². The van der Waals surface area contributed by atoms with Gasteiger partial charge < -0.3 is 15.4 Å². The first-order valence-corrected chi connectivity index (χ1v) is 5.19. The number of anilines is 1. The van der Waals surface area contributed by atoms with Crippen LogP contribution in [-0.4, -0.2) is 33.8 Å². The summed E-state index contributed by atoms with van der Waals surface area (Å²) in [6, 6.07) is 6.70. The molecule has 0 radical (unpaired) electrons. The van der Waals surface area contributed by atoms with Gasteiger partial charge in [-0.15, -0.1) is 10.2 Å². The van der Waals surface area contributed by atoms with E-state index >= 15 is 0 Å². The van der Waals surface area contributed by atoms with E-state index in [0.717, 1.165) is 0 Å². The van der Waals surface area contributed by atoms with E-state index in [1.54, 1.807) is 31.4 Å². The van der Waals surface area contributed by atoms with E-state index < -0.39 is 0 Å². The van der Waals surface area contributed by atoms with Crippen molar-refractivity contribution >= 4 is 11.7 Å². The van der Waals surface area contributed by atoms with Crippen LogP contribution < -0.4 is 15.4 Å². The molecular formula is C10H12N6O2. The second-order valence-electron chi connectivity index (χ2n) is 3.37. The lowest BCUT2D eigenvalue weighted by Crippen LogP contribution is -2.28. The van der Waals surface area contributed by atoms with Gasteiger partial charge in [-0.2, -0.15) is 5.21 Å². The van der Waals surface area contributed by atoms with Crippen LogP contribution in [0.3, 0.4) is 0 Å². The summed E-state index contributed by atoms with van der Waals surface area (Å²) < 4.78 is 5.05. The number of hydrogen-bond donors (Lipinski definition) is 3. The van der Waals surface area contributed by atoms with Crippen LogP contribution in [0.1, 0.15) is 5.82 Å². The minimum Gasteiger partial charge on any atom is -0.497 e. The summed E-state index contributed by atoms with van der Waals surface area (Å²) in [6.07, 6.45) is 0. The van der Waals surface area contributed by atoms with E-state index in [0.29, 0.717) is 17.3 Å². The number of amides is 2. The zero-order valence-electron chi connectivity index (χ0n) is 9.67. The summed E-state index contributed by atoms with van der Waals surface area (Å²) in [5.41, 5.74) is 0.639. The normalized spacial score (nSPS) is 9.83. The summed E-state index contributed by atoms with van der Waals surface area (Å²) in [4.78, 5) is 11.6. The Morgan fingerprint density at radius 3 is 3.11 bits per heavy atom. The molecule has 0 aliphatic carbocycles. The molecule has 0 aliphatic heterocycles. The number of benzene rings is 1. The number of carbonyl (C=O) groups is 1. The fraction of sp³-hybridized carbons (Fsp3) is 0.200. The van der Waals surface area contributed by atoms with Crippen molar-refractivity contribution in [1.29, 1.82) is 0 Å². The number of nitrogens with zero attached hydrogens (tertiary/aromatic N) is 3. The maximum absolute atomic E-state index is 11.6. The molecule has 3 N–H and O–H groups in total. The monoisotopic (exact) mass is 248 g/mol. The third-order valence-electron chi connectivity index (χ3n) is 2.12. The van der Waals surface area contributed by atoms with E-state index in [1.165, 1.54) is 0 Å². The van der Waals surface area contributed by atoms with Crippen LogP contribution in [0.5, 0.6) is 5.75 Å². The molecular weight excluding hydrogens is 236 g/mol. The smallest absolute Gasteiger partial charge is 0.319 e. The fourth-order valence-electron chi connectivity index (χ4n) is 1.29. The fourth-order valence-corrected chi connectivity index (χ4v) is 1.29. The molecule has 1 aromatic heterocycles.